The van der Waals surface area contributed by atoms with E-state index in [1.165, 1.54) is 25.3 Å². The third kappa shape index (κ3) is 4.43. The lowest BCUT2D eigenvalue weighted by Gasteiger charge is -2.20. The lowest BCUT2D eigenvalue weighted by atomic mass is 10.2. The number of halogens is 1. The van der Waals surface area contributed by atoms with Gasteiger partial charge in [-0.25, -0.2) is 9.59 Å². The van der Waals surface area contributed by atoms with Crippen LogP contribution in [0.3, 0.4) is 0 Å². The van der Waals surface area contributed by atoms with Crippen molar-refractivity contribution >= 4 is 29.6 Å². The zero-order chi connectivity index (χ0) is 19.4. The summed E-state index contributed by atoms with van der Waals surface area (Å²) < 4.78 is 26.1. The fraction of sp³-hybridized carbons (Fsp3) is 0.263. The van der Waals surface area contributed by atoms with E-state index in [1.54, 1.807) is 19.1 Å². The van der Waals surface area contributed by atoms with E-state index in [4.69, 9.17) is 30.2 Å². The average Bonchev–Trinajstić information content (AvgIpc) is 3.05. The van der Waals surface area contributed by atoms with Gasteiger partial charge in [-0.3, -0.25) is 0 Å². The standard InChI is InChI=1S/C19H17ClO7/c1-11-14(19(22)23-2)9-13(27-11)3-4-17(21)26-10-12-7-15(20)18-16(8-12)24-5-6-25-18/h3-4,7-9H,5-6,10H2,1-2H3/b4-3+. The summed E-state index contributed by atoms with van der Waals surface area (Å²) >= 11 is 6.15. The predicted molar refractivity (Wildman–Crippen MR) is 96.1 cm³/mol. The second-order valence-electron chi connectivity index (χ2n) is 5.65. The van der Waals surface area contributed by atoms with E-state index in [2.05, 4.69) is 4.74 Å². The molecule has 0 aliphatic carbocycles. The lowest BCUT2D eigenvalue weighted by Crippen LogP contribution is -2.16. The van der Waals surface area contributed by atoms with Crippen molar-refractivity contribution in [2.75, 3.05) is 20.3 Å². The van der Waals surface area contributed by atoms with Crippen LogP contribution in [0.5, 0.6) is 11.5 Å². The van der Waals surface area contributed by atoms with Crippen molar-refractivity contribution < 1.29 is 33.0 Å². The van der Waals surface area contributed by atoms with Crippen LogP contribution in [0.4, 0.5) is 0 Å². The number of rotatable bonds is 5. The molecule has 0 amide bonds. The molecule has 2 aromatic rings. The highest BCUT2D eigenvalue weighted by Crippen LogP contribution is 2.38. The van der Waals surface area contributed by atoms with Crippen molar-refractivity contribution in [2.24, 2.45) is 0 Å². The molecule has 0 saturated carbocycles. The first-order chi connectivity index (χ1) is 13.0. The summed E-state index contributed by atoms with van der Waals surface area (Å²) in [6.45, 7) is 2.53. The van der Waals surface area contributed by atoms with Gasteiger partial charge < -0.3 is 23.4 Å². The molecule has 0 saturated heterocycles. The third-order valence-electron chi connectivity index (χ3n) is 3.76. The van der Waals surface area contributed by atoms with E-state index in [1.807, 2.05) is 0 Å². The fourth-order valence-corrected chi connectivity index (χ4v) is 2.79. The first-order valence-corrected chi connectivity index (χ1v) is 8.47. The number of esters is 2. The van der Waals surface area contributed by atoms with Gasteiger partial charge >= 0.3 is 11.9 Å². The predicted octanol–water partition coefficient (Wildman–Crippen LogP) is 3.56. The van der Waals surface area contributed by atoms with E-state index in [9.17, 15) is 9.59 Å². The number of aryl methyl sites for hydroxylation is 1. The number of hydrogen-bond donors (Lipinski definition) is 0. The minimum Gasteiger partial charge on any atom is -0.486 e. The minimum atomic E-state index is -0.574. The molecule has 0 fully saturated rings. The van der Waals surface area contributed by atoms with Gasteiger partial charge in [-0.15, -0.1) is 0 Å². The Kier molecular flexibility index (Phi) is 5.71. The van der Waals surface area contributed by atoms with Gasteiger partial charge in [0.15, 0.2) is 11.5 Å². The van der Waals surface area contributed by atoms with E-state index < -0.39 is 11.9 Å². The third-order valence-corrected chi connectivity index (χ3v) is 4.04. The molecule has 0 radical (unpaired) electrons. The van der Waals surface area contributed by atoms with Gasteiger partial charge in [0.2, 0.25) is 0 Å². The quantitative estimate of drug-likeness (QED) is 0.568. The number of furan rings is 1. The van der Waals surface area contributed by atoms with Crippen molar-refractivity contribution in [3.8, 4) is 11.5 Å². The van der Waals surface area contributed by atoms with Gasteiger partial charge in [0.1, 0.15) is 36.9 Å². The SMILES string of the molecule is COC(=O)c1cc(/C=C/C(=O)OCc2cc(Cl)c3c(c2)OCCO3)oc1C. The van der Waals surface area contributed by atoms with Crippen LogP contribution in [-0.2, 0) is 20.9 Å². The Morgan fingerprint density at radius 1 is 1.22 bits per heavy atom. The molecule has 2 heterocycles. The Hall–Kier alpha value is -2.93. The summed E-state index contributed by atoms with van der Waals surface area (Å²) in [5.74, 6) is 0.681. The average molecular weight is 393 g/mol. The molecule has 0 spiro atoms. The summed E-state index contributed by atoms with van der Waals surface area (Å²) in [6.07, 6.45) is 2.62. The molecular weight excluding hydrogens is 376 g/mol. The maximum Gasteiger partial charge on any atom is 0.341 e. The zero-order valence-corrected chi connectivity index (χ0v) is 15.5. The van der Waals surface area contributed by atoms with Crippen molar-refractivity contribution in [3.05, 3.63) is 51.9 Å². The highest BCUT2D eigenvalue weighted by atomic mass is 35.5. The highest BCUT2D eigenvalue weighted by molar-refractivity contribution is 6.32. The van der Waals surface area contributed by atoms with Crippen molar-refractivity contribution in [3.63, 3.8) is 0 Å². The van der Waals surface area contributed by atoms with Crippen molar-refractivity contribution in [2.45, 2.75) is 13.5 Å². The van der Waals surface area contributed by atoms with Crippen LogP contribution in [-0.4, -0.2) is 32.3 Å². The van der Waals surface area contributed by atoms with Crippen LogP contribution in [0, 0.1) is 6.92 Å². The normalized spacial score (nSPS) is 12.9. The largest absolute Gasteiger partial charge is 0.486 e. The highest BCUT2D eigenvalue weighted by Gasteiger charge is 2.17. The van der Waals surface area contributed by atoms with Crippen LogP contribution < -0.4 is 9.47 Å². The summed E-state index contributed by atoms with van der Waals surface area (Å²) in [4.78, 5) is 23.5. The number of carbonyl (C=O) groups is 2. The summed E-state index contributed by atoms with van der Waals surface area (Å²) in [5, 5.41) is 0.398. The molecule has 27 heavy (non-hydrogen) atoms. The fourth-order valence-electron chi connectivity index (χ4n) is 2.50. The number of benzene rings is 1. The van der Waals surface area contributed by atoms with Gasteiger partial charge in [0.25, 0.3) is 0 Å². The smallest absolute Gasteiger partial charge is 0.341 e. The topological polar surface area (TPSA) is 84.2 Å². The molecule has 1 aromatic heterocycles. The molecule has 0 atom stereocenters. The van der Waals surface area contributed by atoms with Gasteiger partial charge in [-0.2, -0.15) is 0 Å². The van der Waals surface area contributed by atoms with Crippen LogP contribution in [0.15, 0.2) is 28.7 Å². The first-order valence-electron chi connectivity index (χ1n) is 8.09. The molecule has 142 valence electrons. The molecule has 7 nitrogen and oxygen atoms in total. The molecule has 3 rings (SSSR count). The summed E-state index contributed by atoms with van der Waals surface area (Å²) in [7, 11) is 1.28. The van der Waals surface area contributed by atoms with Gasteiger partial charge in [-0.1, -0.05) is 11.6 Å². The molecular formula is C19H17ClO7. The van der Waals surface area contributed by atoms with Crippen LogP contribution in [0.25, 0.3) is 6.08 Å². The summed E-state index contributed by atoms with van der Waals surface area (Å²) in [6, 6.07) is 4.87. The minimum absolute atomic E-state index is 0.0180. The van der Waals surface area contributed by atoms with Crippen LogP contribution in [0.1, 0.15) is 27.4 Å². The Labute approximate surface area is 160 Å². The van der Waals surface area contributed by atoms with E-state index in [-0.39, 0.29) is 6.61 Å². The number of carbonyl (C=O) groups excluding carboxylic acids is 2. The number of fused-ring (bicyclic) bond motifs is 1. The Balaban J connectivity index is 1.61. The van der Waals surface area contributed by atoms with Crippen LogP contribution in [0.2, 0.25) is 5.02 Å². The monoisotopic (exact) mass is 392 g/mol. The maximum atomic E-state index is 11.9. The Morgan fingerprint density at radius 3 is 2.78 bits per heavy atom. The molecule has 8 heteroatoms. The zero-order valence-electron chi connectivity index (χ0n) is 14.7. The molecule has 0 unspecified atom stereocenters. The van der Waals surface area contributed by atoms with Crippen LogP contribution >= 0.6 is 11.6 Å². The molecule has 0 bridgehead atoms. The van der Waals surface area contributed by atoms with Gasteiger partial charge in [0.05, 0.1) is 12.1 Å². The van der Waals surface area contributed by atoms with Gasteiger partial charge in [0, 0.05) is 6.08 Å². The molecule has 0 N–H and O–H groups in total. The molecule has 1 aliphatic heterocycles. The van der Waals surface area contributed by atoms with E-state index in [0.29, 0.717) is 52.4 Å². The summed E-state index contributed by atoms with van der Waals surface area (Å²) in [5.41, 5.74) is 0.976. The second-order valence-corrected chi connectivity index (χ2v) is 6.06. The Bertz CT molecular complexity index is 898. The second kappa shape index (κ2) is 8.18. The Morgan fingerprint density at radius 2 is 2.00 bits per heavy atom. The maximum absolute atomic E-state index is 11.9. The lowest BCUT2D eigenvalue weighted by molar-refractivity contribution is -0.138. The number of methoxy groups -OCH3 is 1. The molecule has 1 aliphatic rings. The molecule has 1 aromatic carbocycles. The van der Waals surface area contributed by atoms with Gasteiger partial charge in [-0.05, 0) is 36.8 Å². The number of ether oxygens (including phenoxy) is 4. The van der Waals surface area contributed by atoms with Crippen molar-refractivity contribution in [1.29, 1.82) is 0 Å². The first kappa shape index (κ1) is 18.8. The van der Waals surface area contributed by atoms with Crippen molar-refractivity contribution in [1.82, 2.24) is 0 Å². The van der Waals surface area contributed by atoms with E-state index in [0.717, 1.165) is 0 Å². The number of hydrogen-bond acceptors (Lipinski definition) is 7. The van der Waals surface area contributed by atoms with E-state index >= 15 is 0 Å².